The largest absolute Gasteiger partial charge is 0.494 e. The van der Waals surface area contributed by atoms with Crippen molar-refractivity contribution in [2.45, 2.75) is 44.8 Å². The first-order valence-electron chi connectivity index (χ1n) is 12.6. The fraction of sp³-hybridized carbons (Fsp3) is 0.345. The lowest BCUT2D eigenvalue weighted by molar-refractivity contribution is 0.0585. The van der Waals surface area contributed by atoms with Crippen LogP contribution in [0.1, 0.15) is 46.5 Å². The summed E-state index contributed by atoms with van der Waals surface area (Å²) in [6, 6.07) is 19.0. The molecule has 0 unspecified atom stereocenters. The molecule has 0 N–H and O–H groups in total. The van der Waals surface area contributed by atoms with Gasteiger partial charge < -0.3 is 9.64 Å². The van der Waals surface area contributed by atoms with E-state index in [1.165, 1.54) is 27.8 Å². The van der Waals surface area contributed by atoms with E-state index in [9.17, 15) is 4.79 Å². The minimum Gasteiger partial charge on any atom is -0.494 e. The minimum atomic E-state index is 0.105. The average Bonchev–Trinajstić information content (AvgIpc) is 3.44. The van der Waals surface area contributed by atoms with E-state index in [1.807, 2.05) is 23.2 Å². The summed E-state index contributed by atoms with van der Waals surface area (Å²) in [6.07, 6.45) is 7.62. The first-order chi connectivity index (χ1) is 17.7. The number of hydrogen-bond donors (Lipinski definition) is 0. The second kappa shape index (κ2) is 11.6. The topological polar surface area (TPSA) is 58.6 Å². The second-order valence-corrected chi connectivity index (χ2v) is 10.3. The third-order valence-corrected chi connectivity index (χ3v) is 7.52. The summed E-state index contributed by atoms with van der Waals surface area (Å²) in [4.78, 5) is 26.6. The number of fused-ring (bicyclic) bond motifs is 1. The average molecular weight is 501 g/mol. The minimum absolute atomic E-state index is 0.105. The lowest BCUT2D eigenvalue weighted by atomic mass is 9.99. The molecule has 1 atom stereocenters. The van der Waals surface area contributed by atoms with Gasteiger partial charge in [-0.05, 0) is 55.6 Å². The van der Waals surface area contributed by atoms with Gasteiger partial charge in [-0.15, -0.1) is 11.3 Å². The van der Waals surface area contributed by atoms with Gasteiger partial charge in [-0.2, -0.15) is 0 Å². The van der Waals surface area contributed by atoms with E-state index < -0.39 is 0 Å². The van der Waals surface area contributed by atoms with Crippen LogP contribution >= 0.6 is 11.3 Å². The van der Waals surface area contributed by atoms with E-state index >= 15 is 0 Å². The SMILES string of the molecule is CN(Cc1cccc(OCC[C@H]2CCCCN2C(=O)c2cncs2)c1)Cc1cccc2cccnc12. The number of likely N-dealkylation sites (tertiary alicyclic amines) is 1. The number of ether oxygens (including phenoxy) is 1. The van der Waals surface area contributed by atoms with E-state index in [4.69, 9.17) is 4.74 Å². The molecule has 6 nitrogen and oxygen atoms in total. The quantitative estimate of drug-likeness (QED) is 0.291. The molecular weight excluding hydrogens is 468 g/mol. The number of carbonyl (C=O) groups excluding carboxylic acids is 1. The number of benzene rings is 2. The van der Waals surface area contributed by atoms with Gasteiger partial charge in [0.15, 0.2) is 0 Å². The first-order valence-corrected chi connectivity index (χ1v) is 13.5. The predicted molar refractivity (Wildman–Crippen MR) is 144 cm³/mol. The van der Waals surface area contributed by atoms with Crippen molar-refractivity contribution < 1.29 is 9.53 Å². The summed E-state index contributed by atoms with van der Waals surface area (Å²) in [5.74, 6) is 0.984. The van der Waals surface area contributed by atoms with Crippen molar-refractivity contribution in [3.63, 3.8) is 0 Å². The smallest absolute Gasteiger partial charge is 0.265 e. The van der Waals surface area contributed by atoms with Gasteiger partial charge in [0.05, 0.1) is 23.8 Å². The molecule has 1 amide bonds. The third kappa shape index (κ3) is 5.91. The molecule has 3 heterocycles. The van der Waals surface area contributed by atoms with Gasteiger partial charge in [-0.3, -0.25) is 19.7 Å². The van der Waals surface area contributed by atoms with Gasteiger partial charge in [0.1, 0.15) is 10.6 Å². The molecule has 7 heteroatoms. The molecule has 1 saturated heterocycles. The summed E-state index contributed by atoms with van der Waals surface area (Å²) in [5.41, 5.74) is 5.23. The van der Waals surface area contributed by atoms with Crippen LogP contribution < -0.4 is 4.74 Å². The Morgan fingerprint density at radius 2 is 2.03 bits per heavy atom. The zero-order valence-corrected chi connectivity index (χ0v) is 21.5. The Hall–Kier alpha value is -3.29. The molecule has 4 aromatic rings. The van der Waals surface area contributed by atoms with Gasteiger partial charge >= 0.3 is 0 Å². The molecule has 36 heavy (non-hydrogen) atoms. The van der Waals surface area contributed by atoms with Crippen LogP contribution in [0.2, 0.25) is 0 Å². The van der Waals surface area contributed by atoms with Crippen molar-refractivity contribution in [2.75, 3.05) is 20.2 Å². The number of piperidine rings is 1. The highest BCUT2D eigenvalue weighted by Crippen LogP contribution is 2.24. The zero-order valence-electron chi connectivity index (χ0n) is 20.7. The van der Waals surface area contributed by atoms with Crippen LogP contribution in [0.15, 0.2) is 72.5 Å². The summed E-state index contributed by atoms with van der Waals surface area (Å²) in [7, 11) is 2.13. The number of para-hydroxylation sites is 1. The lowest BCUT2D eigenvalue weighted by Gasteiger charge is -2.35. The molecule has 2 aromatic carbocycles. The number of amides is 1. The predicted octanol–water partition coefficient (Wildman–Crippen LogP) is 5.79. The van der Waals surface area contributed by atoms with Crippen molar-refractivity contribution in [2.24, 2.45) is 0 Å². The second-order valence-electron chi connectivity index (χ2n) is 9.46. The Morgan fingerprint density at radius 1 is 1.14 bits per heavy atom. The van der Waals surface area contributed by atoms with Crippen LogP contribution in [-0.4, -0.2) is 51.9 Å². The van der Waals surface area contributed by atoms with Crippen LogP contribution in [0, 0.1) is 0 Å². The van der Waals surface area contributed by atoms with Crippen molar-refractivity contribution >= 4 is 28.1 Å². The van der Waals surface area contributed by atoms with Crippen LogP contribution in [0.5, 0.6) is 5.75 Å². The Kier molecular flexibility index (Phi) is 7.88. The van der Waals surface area contributed by atoms with Crippen molar-refractivity contribution in [1.82, 2.24) is 19.8 Å². The maximum Gasteiger partial charge on any atom is 0.265 e. The fourth-order valence-corrected chi connectivity index (χ4v) is 5.61. The Bertz CT molecular complexity index is 1290. The maximum atomic E-state index is 12.9. The summed E-state index contributed by atoms with van der Waals surface area (Å²) in [6.45, 7) is 3.05. The standard InChI is InChI=1S/C29H32N4O2S/c1-32(20-24-9-5-8-23-10-6-14-31-28(23)24)19-22-7-4-12-26(17-22)35-16-13-25-11-2-3-15-33(25)29(34)27-18-30-21-36-27/h4-10,12,14,17-18,21,25H,2-3,11,13,15-16,19-20H2,1H3/t25-/m1/s1. The normalized spacial score (nSPS) is 15.9. The van der Waals surface area contributed by atoms with Crippen LogP contribution in [0.4, 0.5) is 0 Å². The van der Waals surface area contributed by atoms with Crippen molar-refractivity contribution in [3.05, 3.63) is 88.5 Å². The number of thiazole rings is 1. The summed E-state index contributed by atoms with van der Waals surface area (Å²) in [5, 5.41) is 1.17. The number of pyridine rings is 1. The van der Waals surface area contributed by atoms with Gasteiger partial charge in [-0.1, -0.05) is 36.4 Å². The molecule has 186 valence electrons. The maximum absolute atomic E-state index is 12.9. The van der Waals surface area contributed by atoms with E-state index in [0.717, 1.165) is 61.5 Å². The highest BCUT2D eigenvalue weighted by molar-refractivity contribution is 7.11. The Labute approximate surface area is 216 Å². The number of aromatic nitrogens is 2. The molecule has 0 saturated carbocycles. The molecule has 1 fully saturated rings. The number of carbonyl (C=O) groups is 1. The van der Waals surface area contributed by atoms with E-state index in [-0.39, 0.29) is 11.9 Å². The molecule has 0 bridgehead atoms. The Morgan fingerprint density at radius 3 is 2.92 bits per heavy atom. The molecule has 0 spiro atoms. The summed E-state index contributed by atoms with van der Waals surface area (Å²) >= 11 is 1.41. The van der Waals surface area contributed by atoms with Crippen LogP contribution in [-0.2, 0) is 13.1 Å². The lowest BCUT2D eigenvalue weighted by Crippen LogP contribution is -2.44. The van der Waals surface area contributed by atoms with Gasteiger partial charge in [0.2, 0.25) is 0 Å². The van der Waals surface area contributed by atoms with Crippen molar-refractivity contribution in [1.29, 1.82) is 0 Å². The van der Waals surface area contributed by atoms with Crippen LogP contribution in [0.3, 0.4) is 0 Å². The first kappa shape index (κ1) is 24.4. The molecular formula is C29H32N4O2S. The third-order valence-electron chi connectivity index (χ3n) is 6.76. The number of hydrogen-bond acceptors (Lipinski definition) is 6. The van der Waals surface area contributed by atoms with E-state index in [1.54, 1.807) is 11.7 Å². The molecule has 0 radical (unpaired) electrons. The van der Waals surface area contributed by atoms with E-state index in [0.29, 0.717) is 6.61 Å². The fourth-order valence-electron chi connectivity index (χ4n) is 5.03. The number of rotatable bonds is 9. The van der Waals surface area contributed by atoms with E-state index in [2.05, 4.69) is 64.4 Å². The molecule has 5 rings (SSSR count). The van der Waals surface area contributed by atoms with Crippen molar-refractivity contribution in [3.8, 4) is 5.75 Å². The van der Waals surface area contributed by atoms with Gasteiger partial charge in [0.25, 0.3) is 5.91 Å². The highest BCUT2D eigenvalue weighted by atomic mass is 32.1. The Balaban J connectivity index is 1.15. The molecule has 1 aliphatic rings. The number of nitrogens with zero attached hydrogens (tertiary/aromatic N) is 4. The van der Waals surface area contributed by atoms with Gasteiger partial charge in [-0.25, -0.2) is 0 Å². The zero-order chi connectivity index (χ0) is 24.7. The summed E-state index contributed by atoms with van der Waals surface area (Å²) < 4.78 is 6.15. The monoisotopic (exact) mass is 500 g/mol. The highest BCUT2D eigenvalue weighted by Gasteiger charge is 2.28. The van der Waals surface area contributed by atoms with Gasteiger partial charge in [0, 0.05) is 43.7 Å². The van der Waals surface area contributed by atoms with Crippen LogP contribution in [0.25, 0.3) is 10.9 Å². The molecule has 2 aromatic heterocycles. The molecule has 0 aliphatic carbocycles. The molecule has 1 aliphatic heterocycles.